The van der Waals surface area contributed by atoms with Crippen molar-refractivity contribution in [2.24, 2.45) is 0 Å². The van der Waals surface area contributed by atoms with Gasteiger partial charge in [-0.05, 0) is 69.9 Å². The highest BCUT2D eigenvalue weighted by atomic mass is 28.4. The highest BCUT2D eigenvalue weighted by Gasteiger charge is 2.39. The Morgan fingerprint density at radius 1 is 1.04 bits per heavy atom. The molecule has 1 aromatic carbocycles. The van der Waals surface area contributed by atoms with Gasteiger partial charge in [-0.2, -0.15) is 0 Å². The fourth-order valence-electron chi connectivity index (χ4n) is 1.95. The lowest BCUT2D eigenvalue weighted by molar-refractivity contribution is -0.116. The first-order chi connectivity index (χ1) is 10.7. The fourth-order valence-corrected chi connectivity index (χ4v) is 2.97. The summed E-state index contributed by atoms with van der Waals surface area (Å²) in [6.07, 6.45) is 1.29. The van der Waals surface area contributed by atoms with Crippen molar-refractivity contribution in [2.75, 3.05) is 0 Å². The van der Waals surface area contributed by atoms with Gasteiger partial charge in [0.1, 0.15) is 17.1 Å². The molecule has 0 saturated heterocycles. The van der Waals surface area contributed by atoms with Crippen LogP contribution in [-0.2, 0) is 11.2 Å². The van der Waals surface area contributed by atoms with E-state index < -0.39 is 8.32 Å². The highest BCUT2D eigenvalue weighted by molar-refractivity contribution is 6.74. The van der Waals surface area contributed by atoms with Gasteiger partial charge >= 0.3 is 0 Å². The molecule has 0 fully saturated rings. The van der Waals surface area contributed by atoms with Crippen molar-refractivity contribution in [3.8, 4) is 11.5 Å². The molecule has 0 heterocycles. The molecule has 0 amide bonds. The summed E-state index contributed by atoms with van der Waals surface area (Å²) < 4.78 is 12.6. The van der Waals surface area contributed by atoms with Gasteiger partial charge in [0.25, 0.3) is 8.32 Å². The second-order valence-electron chi connectivity index (χ2n) is 9.06. The molecule has 0 aliphatic carbocycles. The summed E-state index contributed by atoms with van der Waals surface area (Å²) in [5.74, 6) is 1.78. The van der Waals surface area contributed by atoms with Crippen molar-refractivity contribution < 1.29 is 14.0 Å². The molecule has 0 N–H and O–H groups in total. The number of ether oxygens (including phenoxy) is 1. The molecule has 0 aliphatic rings. The molecule has 0 atom stereocenters. The van der Waals surface area contributed by atoms with Crippen LogP contribution < -0.4 is 9.16 Å². The minimum Gasteiger partial charge on any atom is -0.541 e. The van der Waals surface area contributed by atoms with Crippen molar-refractivity contribution in [1.29, 1.82) is 0 Å². The number of hydrogen-bond donors (Lipinski definition) is 0. The van der Waals surface area contributed by atoms with Crippen molar-refractivity contribution in [1.82, 2.24) is 0 Å². The number of benzene rings is 1. The smallest absolute Gasteiger partial charge is 0.250 e. The molecule has 0 radical (unpaired) electrons. The fraction of sp³-hybridized carbons (Fsp3) is 0.650. The normalized spacial score (nSPS) is 12.9. The van der Waals surface area contributed by atoms with E-state index in [1.165, 1.54) is 0 Å². The lowest BCUT2D eigenvalue weighted by Gasteiger charge is -2.37. The number of ketones is 1. The van der Waals surface area contributed by atoms with Crippen LogP contribution in [0.5, 0.6) is 11.5 Å². The Balaban J connectivity index is 3.16. The van der Waals surface area contributed by atoms with Gasteiger partial charge in [0.05, 0.1) is 0 Å². The van der Waals surface area contributed by atoms with E-state index in [9.17, 15) is 4.79 Å². The first-order valence-electron chi connectivity index (χ1n) is 8.72. The van der Waals surface area contributed by atoms with Gasteiger partial charge in [-0.15, -0.1) is 0 Å². The molecule has 3 nitrogen and oxygen atoms in total. The molecule has 0 aliphatic heterocycles. The molecule has 136 valence electrons. The standard InChI is InChI=1S/C20H34O3Si/c1-15(21)10-11-16-12-13-17(18(14-16)22-19(2,3)4)23-24(8,9)20(5,6)7/h12-14H,10-11H2,1-9H3. The molecule has 0 bridgehead atoms. The zero-order valence-corrected chi connectivity index (χ0v) is 17.9. The monoisotopic (exact) mass is 350 g/mol. The number of carbonyl (C=O) groups excluding carboxylic acids is 1. The van der Waals surface area contributed by atoms with Crippen LogP contribution in [0.4, 0.5) is 0 Å². The topological polar surface area (TPSA) is 35.5 Å². The third-order valence-electron chi connectivity index (χ3n) is 4.36. The van der Waals surface area contributed by atoms with Crippen LogP contribution in [-0.4, -0.2) is 19.7 Å². The molecule has 1 aromatic rings. The number of carbonyl (C=O) groups is 1. The maximum atomic E-state index is 11.2. The lowest BCUT2D eigenvalue weighted by Crippen LogP contribution is -2.44. The third-order valence-corrected chi connectivity index (χ3v) is 8.70. The van der Waals surface area contributed by atoms with E-state index in [1.54, 1.807) is 6.92 Å². The molecule has 1 rings (SSSR count). The van der Waals surface area contributed by atoms with E-state index in [-0.39, 0.29) is 16.4 Å². The molecule has 24 heavy (non-hydrogen) atoms. The molecule has 0 aromatic heterocycles. The van der Waals surface area contributed by atoms with Gasteiger partial charge in [-0.3, -0.25) is 0 Å². The predicted octanol–water partition coefficient (Wildman–Crippen LogP) is 5.77. The highest BCUT2D eigenvalue weighted by Crippen LogP contribution is 2.41. The zero-order chi connectivity index (χ0) is 18.8. The predicted molar refractivity (Wildman–Crippen MR) is 104 cm³/mol. The summed E-state index contributed by atoms with van der Waals surface area (Å²) in [4.78, 5) is 11.2. The van der Waals surface area contributed by atoms with Crippen molar-refractivity contribution in [3.05, 3.63) is 23.8 Å². The van der Waals surface area contributed by atoms with Crippen LogP contribution in [0.25, 0.3) is 0 Å². The second-order valence-corrected chi connectivity index (χ2v) is 13.8. The van der Waals surface area contributed by atoms with Gasteiger partial charge in [0, 0.05) is 6.42 Å². The Bertz CT molecular complexity index is 578. The summed E-state index contributed by atoms with van der Waals surface area (Å²) >= 11 is 0. The average molecular weight is 351 g/mol. The number of Topliss-reactive ketones (excluding diaryl/α,β-unsaturated/α-hetero) is 1. The Labute approximate surface area is 148 Å². The summed E-state index contributed by atoms with van der Waals surface area (Å²) in [5.41, 5.74) is 0.803. The summed E-state index contributed by atoms with van der Waals surface area (Å²) in [5, 5.41) is 0.124. The summed E-state index contributed by atoms with van der Waals surface area (Å²) in [7, 11) is -1.94. The SMILES string of the molecule is CC(=O)CCc1ccc(O[Si](C)(C)C(C)(C)C)c(OC(C)(C)C)c1. The number of aryl methyl sites for hydroxylation is 1. The van der Waals surface area contributed by atoms with Crippen LogP contribution in [0.15, 0.2) is 18.2 Å². The molecular weight excluding hydrogens is 316 g/mol. The van der Waals surface area contributed by atoms with Crippen LogP contribution >= 0.6 is 0 Å². The van der Waals surface area contributed by atoms with E-state index in [0.717, 1.165) is 23.5 Å². The number of hydrogen-bond acceptors (Lipinski definition) is 3. The quantitative estimate of drug-likeness (QED) is 0.611. The molecule has 0 unspecified atom stereocenters. The van der Waals surface area contributed by atoms with E-state index in [0.29, 0.717) is 6.42 Å². The van der Waals surface area contributed by atoms with Crippen molar-refractivity contribution >= 4 is 14.1 Å². The van der Waals surface area contributed by atoms with E-state index in [4.69, 9.17) is 9.16 Å². The molecule has 0 spiro atoms. The van der Waals surface area contributed by atoms with Gasteiger partial charge in [0.2, 0.25) is 0 Å². The Hall–Kier alpha value is -1.29. The Morgan fingerprint density at radius 2 is 1.62 bits per heavy atom. The minimum atomic E-state index is -1.94. The van der Waals surface area contributed by atoms with Crippen LogP contribution in [0, 0.1) is 0 Å². The molecule has 4 heteroatoms. The minimum absolute atomic E-state index is 0.124. The van der Waals surface area contributed by atoms with Gasteiger partial charge in [-0.1, -0.05) is 26.8 Å². The average Bonchev–Trinajstić information content (AvgIpc) is 2.35. The van der Waals surface area contributed by atoms with Gasteiger partial charge < -0.3 is 14.0 Å². The number of rotatable bonds is 6. The maximum Gasteiger partial charge on any atom is 0.250 e. The lowest BCUT2D eigenvalue weighted by atomic mass is 10.1. The summed E-state index contributed by atoms with van der Waals surface area (Å²) in [6, 6.07) is 6.06. The van der Waals surface area contributed by atoms with E-state index in [1.807, 2.05) is 39.0 Å². The first-order valence-corrected chi connectivity index (χ1v) is 11.6. The van der Waals surface area contributed by atoms with Crippen molar-refractivity contribution in [2.45, 2.75) is 85.0 Å². The van der Waals surface area contributed by atoms with E-state index in [2.05, 4.69) is 33.9 Å². The largest absolute Gasteiger partial charge is 0.541 e. The molecule has 0 saturated carbocycles. The molecular formula is C20H34O3Si. The zero-order valence-electron chi connectivity index (χ0n) is 16.9. The van der Waals surface area contributed by atoms with Gasteiger partial charge in [0.15, 0.2) is 5.75 Å². The first kappa shape index (κ1) is 20.8. The van der Waals surface area contributed by atoms with Crippen LogP contribution in [0.1, 0.15) is 60.5 Å². The van der Waals surface area contributed by atoms with Crippen LogP contribution in [0.3, 0.4) is 0 Å². The Morgan fingerprint density at radius 3 is 2.08 bits per heavy atom. The summed E-state index contributed by atoms with van der Waals surface area (Å²) in [6.45, 7) is 18.9. The van der Waals surface area contributed by atoms with Crippen LogP contribution in [0.2, 0.25) is 18.1 Å². The van der Waals surface area contributed by atoms with Gasteiger partial charge in [-0.25, -0.2) is 0 Å². The third kappa shape index (κ3) is 6.31. The second kappa shape index (κ2) is 7.30. The maximum absolute atomic E-state index is 11.2. The van der Waals surface area contributed by atoms with Crippen molar-refractivity contribution in [3.63, 3.8) is 0 Å². The Kier molecular flexibility index (Phi) is 6.31. The van der Waals surface area contributed by atoms with E-state index >= 15 is 0 Å².